The quantitative estimate of drug-likeness (QED) is 0.219. The maximum absolute atomic E-state index is 13.2. The van der Waals surface area contributed by atoms with Crippen LogP contribution in [0.4, 0.5) is 105 Å². The highest BCUT2D eigenvalue weighted by Crippen LogP contribution is 2.75. The topological polar surface area (TPSA) is 0 Å². The molecule has 0 aromatic rings. The lowest BCUT2D eigenvalue weighted by atomic mass is 9.03. The van der Waals surface area contributed by atoms with Crippen molar-refractivity contribution in [2.24, 2.45) is 0 Å². The van der Waals surface area contributed by atoms with Gasteiger partial charge >= 0.3 is 49.4 Å². The second-order valence-electron chi connectivity index (χ2n) is 7.40. The van der Waals surface area contributed by atoms with Crippen molar-refractivity contribution in [1.82, 2.24) is 0 Å². The monoisotopic (exact) mass is 615 g/mol. The standard InChI is InChI=1S/C12H4BF24/c14-5(15,16)1(6(17,18)19)13(2(7(20,21)22)8(23,24)25,3(9(26,27)28)10(29,30)31)4(11(32,33)34)12(35,36)37/h1-4H/q-1. The second kappa shape index (κ2) is 9.24. The zero-order chi connectivity index (χ0) is 30.8. The SMILES string of the molecule is FC(F)(F)C([B-](C(C(F)(F)F)C(F)(F)F)(C(C(F)(F)F)C(F)(F)F)C(C(F)(F)F)C(F)(F)F)C(F)(F)F. The molecule has 0 aliphatic heterocycles. The van der Waals surface area contributed by atoms with Crippen molar-refractivity contribution in [2.75, 3.05) is 0 Å². The van der Waals surface area contributed by atoms with Crippen molar-refractivity contribution in [2.45, 2.75) is 72.7 Å². The van der Waals surface area contributed by atoms with Crippen LogP contribution in [0.3, 0.4) is 0 Å². The lowest BCUT2D eigenvalue weighted by Crippen LogP contribution is -2.74. The largest absolute Gasteiger partial charge is 0.369 e. The van der Waals surface area contributed by atoms with Crippen molar-refractivity contribution in [3.8, 4) is 0 Å². The second-order valence-corrected chi connectivity index (χ2v) is 7.40. The predicted molar refractivity (Wildman–Crippen MR) is 69.2 cm³/mol. The van der Waals surface area contributed by atoms with Gasteiger partial charge in [0.05, 0.1) is 6.15 Å². The first kappa shape index (κ1) is 35.4. The Kier molecular flexibility index (Phi) is 8.84. The summed E-state index contributed by atoms with van der Waals surface area (Å²) >= 11 is 0. The van der Waals surface area contributed by atoms with Crippen molar-refractivity contribution in [3.63, 3.8) is 0 Å². The maximum Gasteiger partial charge on any atom is 0.369 e. The molecule has 0 atom stereocenters. The summed E-state index contributed by atoms with van der Waals surface area (Å²) in [6.07, 6.45) is -77.8. The minimum atomic E-state index is -10.1. The first-order valence-corrected chi connectivity index (χ1v) is 8.18. The molecule has 0 N–H and O–H groups in total. The molecule has 0 fully saturated rings. The predicted octanol–water partition coefficient (Wildman–Crippen LogP) is 9.41. The molecule has 224 valence electrons. The summed E-state index contributed by atoms with van der Waals surface area (Å²) in [5, 5.41) is 0. The molecule has 0 aliphatic rings. The molecule has 0 amide bonds. The van der Waals surface area contributed by atoms with Crippen LogP contribution in [0.25, 0.3) is 0 Å². The summed E-state index contributed by atoms with van der Waals surface area (Å²) in [5.41, 5.74) is 0. The average Bonchev–Trinajstić information content (AvgIpc) is 2.30. The molecule has 25 heteroatoms. The van der Waals surface area contributed by atoms with E-state index in [0.29, 0.717) is 0 Å². The summed E-state index contributed by atoms with van der Waals surface area (Å²) in [4.78, 5) is 0. The molecule has 0 aliphatic carbocycles. The molecule has 0 aromatic carbocycles. The van der Waals surface area contributed by atoms with Crippen molar-refractivity contribution in [3.05, 3.63) is 0 Å². The Labute approximate surface area is 185 Å². The van der Waals surface area contributed by atoms with E-state index in [4.69, 9.17) is 0 Å². The van der Waals surface area contributed by atoms with Gasteiger partial charge in [0.2, 0.25) is 0 Å². The Morgan fingerprint density at radius 2 is 0.297 bits per heavy atom. The highest BCUT2D eigenvalue weighted by atomic mass is 19.4. The zero-order valence-electron chi connectivity index (χ0n) is 16.0. The fourth-order valence-corrected chi connectivity index (χ4v) is 4.52. The fourth-order valence-electron chi connectivity index (χ4n) is 4.52. The third kappa shape index (κ3) is 7.28. The van der Waals surface area contributed by atoms with Gasteiger partial charge in [0.15, 0.2) is 0 Å². The Morgan fingerprint density at radius 3 is 0.351 bits per heavy atom. The molecule has 0 heterocycles. The minimum absolute atomic E-state index is 7.75. The molecule has 0 saturated carbocycles. The fraction of sp³-hybridized carbons (Fsp3) is 1.00. The molecule has 37 heavy (non-hydrogen) atoms. The molecule has 0 unspecified atom stereocenters. The Hall–Kier alpha value is -1.62. The summed E-state index contributed by atoms with van der Waals surface area (Å²) in [7, 11) is 0. The van der Waals surface area contributed by atoms with Crippen LogP contribution in [-0.2, 0) is 0 Å². The van der Waals surface area contributed by atoms with Crippen LogP contribution in [0.15, 0.2) is 0 Å². The van der Waals surface area contributed by atoms with Gasteiger partial charge in [-0.3, -0.25) is 0 Å². The molecule has 0 saturated heterocycles. The van der Waals surface area contributed by atoms with Crippen LogP contribution in [-0.4, -0.2) is 55.6 Å². The van der Waals surface area contributed by atoms with Gasteiger partial charge in [-0.1, -0.05) is 0 Å². The van der Waals surface area contributed by atoms with E-state index in [1.54, 1.807) is 0 Å². The highest BCUT2D eigenvalue weighted by Gasteiger charge is 2.86. The lowest BCUT2D eigenvalue weighted by molar-refractivity contribution is -0.278. The summed E-state index contributed by atoms with van der Waals surface area (Å²) in [5.74, 6) is -31.0. The molecular weight excluding hydrogens is 611 g/mol. The molecule has 0 spiro atoms. The molecule has 0 rings (SSSR count). The van der Waals surface area contributed by atoms with Crippen molar-refractivity contribution >= 4 is 6.15 Å². The van der Waals surface area contributed by atoms with E-state index >= 15 is 0 Å². The normalized spacial score (nSPS) is 16.5. The number of rotatable bonds is 4. The van der Waals surface area contributed by atoms with Gasteiger partial charge in [0, 0.05) is 23.3 Å². The van der Waals surface area contributed by atoms with E-state index in [1.165, 1.54) is 0 Å². The molecule has 0 aromatic heterocycles. The number of alkyl halides is 24. The average molecular weight is 615 g/mol. The third-order valence-corrected chi connectivity index (χ3v) is 5.13. The van der Waals surface area contributed by atoms with E-state index < -0.39 is 78.8 Å². The van der Waals surface area contributed by atoms with Crippen LogP contribution in [0.5, 0.6) is 0 Å². The Morgan fingerprint density at radius 1 is 0.216 bits per heavy atom. The Balaban J connectivity index is 9.26. The van der Waals surface area contributed by atoms with Gasteiger partial charge in [0.1, 0.15) is 0 Å². The summed E-state index contributed by atoms with van der Waals surface area (Å²) in [6, 6.07) is 0. The van der Waals surface area contributed by atoms with Gasteiger partial charge < -0.3 is 0 Å². The molecule has 0 radical (unpaired) electrons. The summed E-state index contributed by atoms with van der Waals surface area (Å²) < 4.78 is 317. The number of hydrogen-bond acceptors (Lipinski definition) is 0. The van der Waals surface area contributed by atoms with Crippen LogP contribution >= 0.6 is 0 Å². The first-order valence-electron chi connectivity index (χ1n) is 8.18. The number of hydrogen-bond donors (Lipinski definition) is 0. The van der Waals surface area contributed by atoms with Crippen LogP contribution in [0.2, 0.25) is 23.3 Å². The lowest BCUT2D eigenvalue weighted by Gasteiger charge is -2.60. The molecule has 0 nitrogen and oxygen atoms in total. The molecule has 0 bridgehead atoms. The minimum Gasteiger partial charge on any atom is -0.174 e. The maximum atomic E-state index is 13.2. The van der Waals surface area contributed by atoms with E-state index in [-0.39, 0.29) is 0 Å². The van der Waals surface area contributed by atoms with E-state index in [2.05, 4.69) is 0 Å². The van der Waals surface area contributed by atoms with E-state index in [1.807, 2.05) is 0 Å². The first-order chi connectivity index (χ1) is 15.5. The van der Waals surface area contributed by atoms with Gasteiger partial charge in [-0.2, -0.15) is 105 Å². The third-order valence-electron chi connectivity index (χ3n) is 5.13. The zero-order valence-corrected chi connectivity index (χ0v) is 16.0. The highest BCUT2D eigenvalue weighted by molar-refractivity contribution is 6.86. The van der Waals surface area contributed by atoms with E-state index in [0.717, 1.165) is 0 Å². The molecular formula is C12H4BF24-. The summed E-state index contributed by atoms with van der Waals surface area (Å²) in [6.45, 7) is 0. The van der Waals surface area contributed by atoms with Gasteiger partial charge in [-0.25, -0.2) is 0 Å². The van der Waals surface area contributed by atoms with Crippen molar-refractivity contribution < 1.29 is 105 Å². The van der Waals surface area contributed by atoms with Crippen molar-refractivity contribution in [1.29, 1.82) is 0 Å². The van der Waals surface area contributed by atoms with Crippen LogP contribution in [0, 0.1) is 0 Å². The van der Waals surface area contributed by atoms with Gasteiger partial charge in [0.25, 0.3) is 0 Å². The number of halogens is 24. The van der Waals surface area contributed by atoms with E-state index in [9.17, 15) is 105 Å². The Bertz CT molecular complexity index is 570. The van der Waals surface area contributed by atoms with Gasteiger partial charge in [-0.15, -0.1) is 0 Å². The smallest absolute Gasteiger partial charge is 0.174 e. The van der Waals surface area contributed by atoms with Gasteiger partial charge in [-0.05, 0) is 0 Å². The van der Waals surface area contributed by atoms with Crippen LogP contribution < -0.4 is 0 Å². The van der Waals surface area contributed by atoms with Crippen LogP contribution in [0.1, 0.15) is 0 Å².